The van der Waals surface area contributed by atoms with Crippen LogP contribution in [-0.2, 0) is 19.9 Å². The molecule has 0 radical (unpaired) electrons. The van der Waals surface area contributed by atoms with E-state index in [-0.39, 0.29) is 21.1 Å². The molecule has 1 heterocycles. The Labute approximate surface area is 171 Å². The summed E-state index contributed by atoms with van der Waals surface area (Å²) in [5.74, 6) is -0.676. The van der Waals surface area contributed by atoms with Gasteiger partial charge in [0.25, 0.3) is 5.91 Å². The van der Waals surface area contributed by atoms with Crippen molar-refractivity contribution in [2.75, 3.05) is 24.2 Å². The predicted octanol–water partition coefficient (Wildman–Crippen LogP) is 2.91. The van der Waals surface area contributed by atoms with Crippen LogP contribution in [0.2, 0.25) is 0 Å². The molecule has 1 aliphatic rings. The zero-order valence-corrected chi connectivity index (χ0v) is 17.8. The highest BCUT2D eigenvalue weighted by Gasteiger charge is 2.26. The Hall–Kier alpha value is -2.23. The van der Waals surface area contributed by atoms with Crippen LogP contribution in [0.15, 0.2) is 58.3 Å². The summed E-state index contributed by atoms with van der Waals surface area (Å²) in [5, 5.41) is 2.64. The zero-order valence-electron chi connectivity index (χ0n) is 16.2. The highest BCUT2D eigenvalue weighted by atomic mass is 32.2. The molecule has 3 rings (SSSR count). The van der Waals surface area contributed by atoms with Crippen LogP contribution in [0.4, 0.5) is 5.69 Å². The Balaban J connectivity index is 1.80. The van der Waals surface area contributed by atoms with E-state index in [1.54, 1.807) is 12.1 Å². The van der Waals surface area contributed by atoms with Crippen LogP contribution in [0.25, 0.3) is 0 Å². The largest absolute Gasteiger partial charge is 0.322 e. The summed E-state index contributed by atoms with van der Waals surface area (Å²) >= 11 is 0. The quantitative estimate of drug-likeness (QED) is 0.750. The van der Waals surface area contributed by atoms with Crippen molar-refractivity contribution in [2.45, 2.75) is 36.0 Å². The fourth-order valence-electron chi connectivity index (χ4n) is 3.24. The van der Waals surface area contributed by atoms with E-state index >= 15 is 0 Å². The molecule has 2 aromatic carbocycles. The average Bonchev–Trinajstić information content (AvgIpc) is 2.74. The smallest absolute Gasteiger partial charge is 0.256 e. The highest BCUT2D eigenvalue weighted by molar-refractivity contribution is 7.91. The Morgan fingerprint density at radius 2 is 1.55 bits per heavy atom. The van der Waals surface area contributed by atoms with Crippen LogP contribution >= 0.6 is 0 Å². The summed E-state index contributed by atoms with van der Waals surface area (Å²) in [7, 11) is -7.10. The minimum atomic E-state index is -3.55. The molecule has 7 nitrogen and oxygen atoms in total. The molecule has 1 fully saturated rings. The van der Waals surface area contributed by atoms with E-state index in [0.29, 0.717) is 18.8 Å². The number of rotatable bonds is 6. The monoisotopic (exact) mass is 436 g/mol. The first-order valence-electron chi connectivity index (χ1n) is 9.49. The number of nitrogens with zero attached hydrogens (tertiary/aromatic N) is 1. The standard InChI is InChI=1S/C20H24N2O5S2/c1-2-28(24,25)19-9-5-4-8-18(19)20(23)21-16-10-12-17(13-11-16)29(26,27)22-14-6-3-7-15-22/h4-5,8-13H,2-3,6-7,14-15H2,1H3,(H,21,23). The fraction of sp³-hybridized carbons (Fsp3) is 0.350. The van der Waals surface area contributed by atoms with Gasteiger partial charge in [0.05, 0.1) is 21.1 Å². The number of amides is 1. The summed E-state index contributed by atoms with van der Waals surface area (Å²) in [4.78, 5) is 12.8. The number of hydrogen-bond donors (Lipinski definition) is 1. The van der Waals surface area contributed by atoms with Gasteiger partial charge < -0.3 is 5.32 Å². The normalized spacial score (nSPS) is 15.8. The average molecular weight is 437 g/mol. The minimum Gasteiger partial charge on any atom is -0.322 e. The van der Waals surface area contributed by atoms with E-state index in [0.717, 1.165) is 19.3 Å². The number of hydrogen-bond acceptors (Lipinski definition) is 5. The van der Waals surface area contributed by atoms with Gasteiger partial charge in [-0.2, -0.15) is 4.31 Å². The molecule has 29 heavy (non-hydrogen) atoms. The van der Waals surface area contributed by atoms with E-state index in [4.69, 9.17) is 0 Å². The van der Waals surface area contributed by atoms with E-state index in [2.05, 4.69) is 5.32 Å². The second kappa shape index (κ2) is 8.64. The molecule has 1 amide bonds. The summed E-state index contributed by atoms with van der Waals surface area (Å²) in [6, 6.07) is 11.9. The Kier molecular flexibility index (Phi) is 6.40. The van der Waals surface area contributed by atoms with E-state index in [1.807, 2.05) is 0 Å². The predicted molar refractivity (Wildman–Crippen MR) is 111 cm³/mol. The van der Waals surface area contributed by atoms with Gasteiger partial charge in [-0.15, -0.1) is 0 Å². The lowest BCUT2D eigenvalue weighted by Gasteiger charge is -2.25. The molecule has 0 spiro atoms. The number of carbonyl (C=O) groups excluding carboxylic acids is 1. The van der Waals surface area contributed by atoms with E-state index in [1.165, 1.54) is 47.6 Å². The second-order valence-corrected chi connectivity index (χ2v) is 11.0. The maximum absolute atomic E-state index is 12.7. The summed E-state index contributed by atoms with van der Waals surface area (Å²) < 4.78 is 51.4. The molecule has 1 saturated heterocycles. The number of anilines is 1. The molecule has 0 unspecified atom stereocenters. The van der Waals surface area contributed by atoms with Crippen molar-refractivity contribution in [1.82, 2.24) is 4.31 Å². The SMILES string of the molecule is CCS(=O)(=O)c1ccccc1C(=O)Nc1ccc(S(=O)(=O)N2CCCCC2)cc1. The third kappa shape index (κ3) is 4.68. The third-order valence-corrected chi connectivity index (χ3v) is 8.61. The van der Waals surface area contributed by atoms with Crippen LogP contribution in [0, 0.1) is 0 Å². The fourth-order valence-corrected chi connectivity index (χ4v) is 5.85. The molecule has 1 N–H and O–H groups in total. The molecule has 2 aromatic rings. The van der Waals surface area contributed by atoms with Crippen LogP contribution < -0.4 is 5.32 Å². The van der Waals surface area contributed by atoms with Gasteiger partial charge in [0.15, 0.2) is 9.84 Å². The first-order chi connectivity index (χ1) is 13.8. The third-order valence-electron chi connectivity index (χ3n) is 4.91. The Morgan fingerprint density at radius 3 is 2.17 bits per heavy atom. The number of carbonyl (C=O) groups is 1. The van der Waals surface area contributed by atoms with Gasteiger partial charge in [-0.1, -0.05) is 25.5 Å². The molecule has 0 aliphatic carbocycles. The molecule has 1 aliphatic heterocycles. The first kappa shape index (κ1) is 21.5. The summed E-state index contributed by atoms with van der Waals surface area (Å²) in [6.07, 6.45) is 2.74. The molecular weight excluding hydrogens is 412 g/mol. The van der Waals surface area contributed by atoms with Crippen LogP contribution in [0.3, 0.4) is 0 Å². The van der Waals surface area contributed by atoms with Gasteiger partial charge in [0.1, 0.15) is 0 Å². The van der Waals surface area contributed by atoms with Crippen molar-refractivity contribution in [3.05, 3.63) is 54.1 Å². The van der Waals surface area contributed by atoms with Gasteiger partial charge in [-0.3, -0.25) is 4.79 Å². The van der Waals surface area contributed by atoms with Gasteiger partial charge in [0.2, 0.25) is 10.0 Å². The lowest BCUT2D eigenvalue weighted by atomic mass is 10.2. The van der Waals surface area contributed by atoms with Crippen molar-refractivity contribution in [3.8, 4) is 0 Å². The number of sulfone groups is 1. The number of sulfonamides is 1. The number of benzene rings is 2. The summed E-state index contributed by atoms with van der Waals surface area (Å²) in [5.41, 5.74) is 0.440. The maximum Gasteiger partial charge on any atom is 0.256 e. The number of piperidine rings is 1. The lowest BCUT2D eigenvalue weighted by Crippen LogP contribution is -2.35. The van der Waals surface area contributed by atoms with Crippen LogP contribution in [0.1, 0.15) is 36.5 Å². The number of nitrogens with one attached hydrogen (secondary N) is 1. The van der Waals surface area contributed by atoms with Crippen molar-refractivity contribution < 1.29 is 21.6 Å². The highest BCUT2D eigenvalue weighted by Crippen LogP contribution is 2.23. The maximum atomic E-state index is 12.7. The topological polar surface area (TPSA) is 101 Å². The van der Waals surface area contributed by atoms with Gasteiger partial charge >= 0.3 is 0 Å². The Bertz CT molecular complexity index is 1090. The van der Waals surface area contributed by atoms with Gasteiger partial charge in [-0.25, -0.2) is 16.8 Å². The molecule has 9 heteroatoms. The summed E-state index contributed by atoms with van der Waals surface area (Å²) in [6.45, 7) is 2.55. The molecule has 0 aromatic heterocycles. The molecular formula is C20H24N2O5S2. The first-order valence-corrected chi connectivity index (χ1v) is 12.6. The zero-order chi connectivity index (χ0) is 21.1. The second-order valence-electron chi connectivity index (χ2n) is 6.84. The van der Waals surface area contributed by atoms with E-state index in [9.17, 15) is 21.6 Å². The molecule has 0 bridgehead atoms. The van der Waals surface area contributed by atoms with Crippen molar-refractivity contribution >= 4 is 31.5 Å². The molecule has 0 saturated carbocycles. The van der Waals surface area contributed by atoms with Gasteiger partial charge in [-0.05, 0) is 49.2 Å². The van der Waals surface area contributed by atoms with E-state index < -0.39 is 25.8 Å². The lowest BCUT2D eigenvalue weighted by molar-refractivity contribution is 0.102. The van der Waals surface area contributed by atoms with Crippen LogP contribution in [0.5, 0.6) is 0 Å². The Morgan fingerprint density at radius 1 is 0.931 bits per heavy atom. The van der Waals surface area contributed by atoms with Crippen molar-refractivity contribution in [3.63, 3.8) is 0 Å². The van der Waals surface area contributed by atoms with Crippen molar-refractivity contribution in [2.24, 2.45) is 0 Å². The van der Waals surface area contributed by atoms with Crippen LogP contribution in [-0.4, -0.2) is 45.9 Å². The molecule has 156 valence electrons. The minimum absolute atomic E-state index is 0.0238. The molecule has 0 atom stereocenters. The van der Waals surface area contributed by atoms with Gasteiger partial charge in [0, 0.05) is 18.8 Å². The van der Waals surface area contributed by atoms with Crippen molar-refractivity contribution in [1.29, 1.82) is 0 Å².